The van der Waals surface area contributed by atoms with Crippen molar-refractivity contribution in [2.75, 3.05) is 18.9 Å². The van der Waals surface area contributed by atoms with Crippen LogP contribution in [0.4, 0.5) is 5.69 Å². The van der Waals surface area contributed by atoms with Gasteiger partial charge in [-0.15, -0.1) is 6.58 Å². The van der Waals surface area contributed by atoms with Gasteiger partial charge in [-0.2, -0.15) is 0 Å². The van der Waals surface area contributed by atoms with Gasteiger partial charge >= 0.3 is 0 Å². The molecule has 1 atom stereocenters. The van der Waals surface area contributed by atoms with Crippen LogP contribution in [0.3, 0.4) is 0 Å². The Morgan fingerprint density at radius 1 is 0.919 bits per heavy atom. The lowest BCUT2D eigenvalue weighted by Gasteiger charge is -2.16. The molecule has 0 spiro atoms. The van der Waals surface area contributed by atoms with Gasteiger partial charge in [-0.25, -0.2) is 0 Å². The standard InChI is InChI=1S/C20H25N.C7H16.C5H10.C2H6.CH5N/c1-4-6-12-21-20-15-17(5-2)13-16(3)19(20)14-18-10-8-7-9-11-18;1-4-6-7(3)5-2;1-3-5-4-2;2*1-2/h5,7-11,13,15,21H,2,4,6,12,14H2,1,3H3;7H,4-6H2,1-3H3;3H,1,4-5H2,2H3;1-2H3;2H2,1H3. The number of aryl methyl sites for hydroxylation is 1. The van der Waals surface area contributed by atoms with Gasteiger partial charge in [-0.3, -0.25) is 0 Å². The molecule has 37 heavy (non-hydrogen) atoms. The Kier molecular flexibility index (Phi) is 31.7. The molecular formula is C35H62N2. The van der Waals surface area contributed by atoms with E-state index in [0.29, 0.717) is 0 Å². The molecule has 212 valence electrons. The second-order valence-corrected chi connectivity index (χ2v) is 8.89. The molecule has 0 saturated heterocycles. The minimum atomic E-state index is 0.949. The summed E-state index contributed by atoms with van der Waals surface area (Å²) in [5.74, 6) is 0.949. The van der Waals surface area contributed by atoms with Gasteiger partial charge in [0.2, 0.25) is 0 Å². The topological polar surface area (TPSA) is 38.0 Å². The van der Waals surface area contributed by atoms with E-state index in [4.69, 9.17) is 0 Å². The molecule has 2 aromatic carbocycles. The number of anilines is 1. The minimum Gasteiger partial charge on any atom is -0.385 e. The van der Waals surface area contributed by atoms with Crippen LogP contribution in [0.1, 0.15) is 116 Å². The lowest BCUT2D eigenvalue weighted by Crippen LogP contribution is -2.06. The van der Waals surface area contributed by atoms with Crippen molar-refractivity contribution >= 4 is 11.8 Å². The van der Waals surface area contributed by atoms with E-state index in [1.54, 1.807) is 0 Å². The quantitative estimate of drug-likeness (QED) is 0.220. The summed E-state index contributed by atoms with van der Waals surface area (Å²) in [4.78, 5) is 0. The third-order valence-corrected chi connectivity index (χ3v) is 5.77. The van der Waals surface area contributed by atoms with Gasteiger partial charge in [0.15, 0.2) is 0 Å². The SMILES string of the molecule is C=CCCC.C=Cc1cc(C)c(Cc2ccccc2)c(NCCCC)c1.CC.CCCC(C)CC.CN. The summed E-state index contributed by atoms with van der Waals surface area (Å²) in [5, 5.41) is 3.60. The molecule has 0 aliphatic rings. The molecule has 0 bridgehead atoms. The monoisotopic (exact) mass is 510 g/mol. The summed E-state index contributed by atoms with van der Waals surface area (Å²) in [7, 11) is 1.50. The predicted octanol–water partition coefficient (Wildman–Crippen LogP) is 10.8. The molecule has 2 aromatic rings. The number of benzene rings is 2. The number of unbranched alkanes of at least 4 members (excludes halogenated alkanes) is 2. The molecule has 0 radical (unpaired) electrons. The maximum absolute atomic E-state index is 4.50. The second-order valence-electron chi connectivity index (χ2n) is 8.89. The van der Waals surface area contributed by atoms with E-state index < -0.39 is 0 Å². The van der Waals surface area contributed by atoms with Crippen molar-refractivity contribution < 1.29 is 0 Å². The summed E-state index contributed by atoms with van der Waals surface area (Å²) in [6.45, 7) is 25.8. The maximum atomic E-state index is 4.50. The van der Waals surface area contributed by atoms with E-state index in [2.05, 4.69) is 108 Å². The molecule has 0 amide bonds. The molecule has 3 N–H and O–H groups in total. The van der Waals surface area contributed by atoms with Crippen LogP contribution >= 0.6 is 0 Å². The first-order valence-electron chi connectivity index (χ1n) is 14.7. The zero-order valence-corrected chi connectivity index (χ0v) is 26.1. The van der Waals surface area contributed by atoms with E-state index in [1.807, 2.05) is 26.0 Å². The molecule has 0 aromatic heterocycles. The Morgan fingerprint density at radius 3 is 1.95 bits per heavy atom. The van der Waals surface area contributed by atoms with E-state index in [9.17, 15) is 0 Å². The fourth-order valence-electron chi connectivity index (χ4n) is 3.46. The van der Waals surface area contributed by atoms with E-state index in [0.717, 1.165) is 25.3 Å². The highest BCUT2D eigenvalue weighted by molar-refractivity contribution is 5.64. The summed E-state index contributed by atoms with van der Waals surface area (Å²) < 4.78 is 0. The highest BCUT2D eigenvalue weighted by atomic mass is 14.9. The highest BCUT2D eigenvalue weighted by Crippen LogP contribution is 2.26. The van der Waals surface area contributed by atoms with E-state index >= 15 is 0 Å². The Balaban J connectivity index is -0.000000597. The zero-order valence-electron chi connectivity index (χ0n) is 26.1. The van der Waals surface area contributed by atoms with Gasteiger partial charge in [0.25, 0.3) is 0 Å². The largest absolute Gasteiger partial charge is 0.385 e. The van der Waals surface area contributed by atoms with Crippen LogP contribution in [0.15, 0.2) is 61.7 Å². The van der Waals surface area contributed by atoms with Crippen molar-refractivity contribution in [2.45, 2.75) is 107 Å². The smallest absolute Gasteiger partial charge is 0.0384 e. The average molecular weight is 511 g/mol. The average Bonchev–Trinajstić information content (AvgIpc) is 2.94. The molecule has 0 fully saturated rings. The summed E-state index contributed by atoms with van der Waals surface area (Å²) in [5.41, 5.74) is 11.0. The molecule has 2 nitrogen and oxygen atoms in total. The number of hydrogen-bond donors (Lipinski definition) is 2. The summed E-state index contributed by atoms with van der Waals surface area (Å²) in [6, 6.07) is 15.1. The summed E-state index contributed by atoms with van der Waals surface area (Å²) >= 11 is 0. The van der Waals surface area contributed by atoms with Crippen LogP contribution in [0.25, 0.3) is 6.08 Å². The highest BCUT2D eigenvalue weighted by Gasteiger charge is 2.08. The van der Waals surface area contributed by atoms with Gasteiger partial charge in [0.1, 0.15) is 0 Å². The van der Waals surface area contributed by atoms with Crippen LogP contribution in [0.5, 0.6) is 0 Å². The lowest BCUT2D eigenvalue weighted by molar-refractivity contribution is 0.509. The molecule has 0 aliphatic heterocycles. The Hall–Kier alpha value is -2.32. The van der Waals surface area contributed by atoms with Crippen LogP contribution in [-0.2, 0) is 6.42 Å². The van der Waals surface area contributed by atoms with E-state index in [-0.39, 0.29) is 0 Å². The third-order valence-electron chi connectivity index (χ3n) is 5.77. The van der Waals surface area contributed by atoms with Gasteiger partial charge in [0.05, 0.1) is 0 Å². The number of allylic oxidation sites excluding steroid dienone is 1. The third kappa shape index (κ3) is 21.5. The minimum absolute atomic E-state index is 0.949. The zero-order chi connectivity index (χ0) is 28.9. The molecule has 0 saturated carbocycles. The van der Waals surface area contributed by atoms with Crippen molar-refractivity contribution in [2.24, 2.45) is 11.7 Å². The Morgan fingerprint density at radius 2 is 1.54 bits per heavy atom. The normalized spacial score (nSPS) is 9.89. The molecule has 2 rings (SSSR count). The van der Waals surface area contributed by atoms with Gasteiger partial charge in [-0.1, -0.05) is 136 Å². The first-order valence-corrected chi connectivity index (χ1v) is 14.7. The molecular weight excluding hydrogens is 448 g/mol. The van der Waals surface area contributed by atoms with Crippen molar-refractivity contribution in [1.82, 2.24) is 0 Å². The molecule has 1 unspecified atom stereocenters. The first-order chi connectivity index (χ1) is 18.0. The number of nitrogens with two attached hydrogens (primary N) is 1. The molecule has 0 heterocycles. The second kappa shape index (κ2) is 29.9. The van der Waals surface area contributed by atoms with E-state index in [1.165, 1.54) is 73.5 Å². The Bertz CT molecular complexity index is 749. The van der Waals surface area contributed by atoms with Crippen LogP contribution < -0.4 is 11.1 Å². The number of nitrogens with one attached hydrogen (secondary N) is 1. The van der Waals surface area contributed by atoms with Crippen LogP contribution in [0.2, 0.25) is 0 Å². The molecule has 0 aliphatic carbocycles. The van der Waals surface area contributed by atoms with Crippen molar-refractivity contribution in [3.8, 4) is 0 Å². The fourth-order valence-corrected chi connectivity index (χ4v) is 3.46. The fraction of sp³-hybridized carbons (Fsp3) is 0.543. The number of hydrogen-bond acceptors (Lipinski definition) is 2. The lowest BCUT2D eigenvalue weighted by atomic mass is 9.96. The van der Waals surface area contributed by atoms with Crippen molar-refractivity contribution in [3.63, 3.8) is 0 Å². The van der Waals surface area contributed by atoms with Gasteiger partial charge < -0.3 is 11.1 Å². The van der Waals surface area contributed by atoms with Crippen LogP contribution in [-0.4, -0.2) is 13.6 Å². The van der Waals surface area contributed by atoms with Gasteiger partial charge in [0, 0.05) is 12.2 Å². The maximum Gasteiger partial charge on any atom is 0.0384 e. The predicted molar refractivity (Wildman–Crippen MR) is 175 cm³/mol. The van der Waals surface area contributed by atoms with Crippen molar-refractivity contribution in [1.29, 1.82) is 0 Å². The van der Waals surface area contributed by atoms with Gasteiger partial charge in [-0.05, 0) is 67.5 Å². The van der Waals surface area contributed by atoms with Crippen molar-refractivity contribution in [3.05, 3.63) is 84.0 Å². The first kappa shape index (κ1) is 39.2. The number of rotatable bonds is 12. The Labute approximate surface area is 232 Å². The van der Waals surface area contributed by atoms with Crippen LogP contribution in [0, 0.1) is 12.8 Å². The molecule has 2 heteroatoms. The summed E-state index contributed by atoms with van der Waals surface area (Å²) in [6.07, 6.45) is 13.7.